The second-order valence-electron chi connectivity index (χ2n) is 5.87. The normalized spacial score (nSPS) is 14.9. The monoisotopic (exact) mass is 284 g/mol. The van der Waals surface area contributed by atoms with Crippen molar-refractivity contribution in [1.82, 2.24) is 10.3 Å². The fourth-order valence-corrected chi connectivity index (χ4v) is 2.67. The summed E-state index contributed by atoms with van der Waals surface area (Å²) >= 11 is 0. The molecule has 1 aliphatic rings. The van der Waals surface area contributed by atoms with E-state index in [4.69, 9.17) is 0 Å². The number of nitrogens with one attached hydrogen (secondary N) is 2. The highest BCUT2D eigenvalue weighted by Crippen LogP contribution is 2.26. The van der Waals surface area contributed by atoms with Crippen molar-refractivity contribution < 1.29 is 4.79 Å². The summed E-state index contributed by atoms with van der Waals surface area (Å²) in [6.45, 7) is 2.48. The maximum absolute atomic E-state index is 11.8. The van der Waals surface area contributed by atoms with Crippen LogP contribution in [-0.4, -0.2) is 17.4 Å². The van der Waals surface area contributed by atoms with Gasteiger partial charge in [-0.3, -0.25) is 9.59 Å². The van der Waals surface area contributed by atoms with Crippen LogP contribution in [-0.2, 0) is 11.2 Å². The summed E-state index contributed by atoms with van der Waals surface area (Å²) in [5, 5.41) is 4.04. The standard InChI is InChI=1S/C17H20N2O2/c1-11-9-14-10-12(5-6-15(14)19-16(11)20)7-8-18-17(21)13-3-2-4-13/h5-6,9-10,13H,2-4,7-8H2,1H3,(H,18,21)(H,19,20). The van der Waals surface area contributed by atoms with Gasteiger partial charge in [0.15, 0.2) is 0 Å². The molecule has 0 bridgehead atoms. The summed E-state index contributed by atoms with van der Waals surface area (Å²) in [5.41, 5.74) is 2.71. The zero-order valence-electron chi connectivity index (χ0n) is 12.2. The Bertz CT molecular complexity index is 729. The van der Waals surface area contributed by atoms with Gasteiger partial charge in [0, 0.05) is 23.5 Å². The third-order valence-corrected chi connectivity index (χ3v) is 4.28. The largest absolute Gasteiger partial charge is 0.356 e. The molecular weight excluding hydrogens is 264 g/mol. The van der Waals surface area contributed by atoms with E-state index in [1.807, 2.05) is 25.1 Å². The van der Waals surface area contributed by atoms with Crippen LogP contribution in [0.1, 0.15) is 30.4 Å². The SMILES string of the molecule is Cc1cc2cc(CCNC(=O)C3CCC3)ccc2[nH]c1=O. The highest BCUT2D eigenvalue weighted by Gasteiger charge is 2.24. The van der Waals surface area contributed by atoms with Gasteiger partial charge in [-0.15, -0.1) is 0 Å². The molecule has 2 N–H and O–H groups in total. The van der Waals surface area contributed by atoms with E-state index < -0.39 is 0 Å². The Morgan fingerprint density at radius 3 is 2.86 bits per heavy atom. The molecule has 1 heterocycles. The molecule has 1 fully saturated rings. The van der Waals surface area contributed by atoms with Gasteiger partial charge in [-0.25, -0.2) is 0 Å². The van der Waals surface area contributed by atoms with Crippen molar-refractivity contribution >= 4 is 16.8 Å². The van der Waals surface area contributed by atoms with Crippen LogP contribution < -0.4 is 10.9 Å². The predicted octanol–water partition coefficient (Wildman–Crippen LogP) is 2.30. The first-order valence-corrected chi connectivity index (χ1v) is 7.54. The Morgan fingerprint density at radius 2 is 2.14 bits per heavy atom. The van der Waals surface area contributed by atoms with E-state index in [0.29, 0.717) is 6.54 Å². The smallest absolute Gasteiger partial charge is 0.251 e. The zero-order valence-corrected chi connectivity index (χ0v) is 12.2. The van der Waals surface area contributed by atoms with Crippen LogP contribution in [0.3, 0.4) is 0 Å². The van der Waals surface area contributed by atoms with Gasteiger partial charge in [-0.05, 0) is 55.3 Å². The van der Waals surface area contributed by atoms with Gasteiger partial charge in [0.05, 0.1) is 0 Å². The first kappa shape index (κ1) is 13.9. The van der Waals surface area contributed by atoms with Crippen LogP contribution in [0.2, 0.25) is 0 Å². The number of hydrogen-bond acceptors (Lipinski definition) is 2. The molecule has 2 aromatic rings. The van der Waals surface area contributed by atoms with Crippen LogP contribution in [0.15, 0.2) is 29.1 Å². The fourth-order valence-electron chi connectivity index (χ4n) is 2.67. The average Bonchev–Trinajstić information content (AvgIpc) is 2.38. The van der Waals surface area contributed by atoms with Crippen molar-refractivity contribution in [3.05, 3.63) is 45.7 Å². The van der Waals surface area contributed by atoms with E-state index in [-0.39, 0.29) is 17.4 Å². The molecule has 1 saturated carbocycles. The predicted molar refractivity (Wildman–Crippen MR) is 83.4 cm³/mol. The van der Waals surface area contributed by atoms with Gasteiger partial charge in [-0.1, -0.05) is 12.5 Å². The second kappa shape index (κ2) is 5.72. The van der Waals surface area contributed by atoms with Crippen molar-refractivity contribution in [3.63, 3.8) is 0 Å². The van der Waals surface area contributed by atoms with Gasteiger partial charge < -0.3 is 10.3 Å². The topological polar surface area (TPSA) is 62.0 Å². The maximum Gasteiger partial charge on any atom is 0.251 e. The first-order valence-electron chi connectivity index (χ1n) is 7.54. The van der Waals surface area contributed by atoms with Gasteiger partial charge >= 0.3 is 0 Å². The van der Waals surface area contributed by atoms with Crippen LogP contribution >= 0.6 is 0 Å². The maximum atomic E-state index is 11.8. The number of aryl methyl sites for hydroxylation is 1. The molecule has 4 nitrogen and oxygen atoms in total. The Balaban J connectivity index is 1.65. The van der Waals surface area contributed by atoms with Crippen molar-refractivity contribution in [3.8, 4) is 0 Å². The van der Waals surface area contributed by atoms with Gasteiger partial charge in [0.1, 0.15) is 0 Å². The average molecular weight is 284 g/mol. The lowest BCUT2D eigenvalue weighted by atomic mass is 9.85. The number of pyridine rings is 1. The number of rotatable bonds is 4. The molecule has 4 heteroatoms. The summed E-state index contributed by atoms with van der Waals surface area (Å²) in [5.74, 6) is 0.441. The number of benzene rings is 1. The quantitative estimate of drug-likeness (QED) is 0.905. The van der Waals surface area contributed by atoms with Crippen LogP contribution in [0.5, 0.6) is 0 Å². The number of carbonyl (C=O) groups excluding carboxylic acids is 1. The first-order chi connectivity index (χ1) is 10.1. The third kappa shape index (κ3) is 2.99. The van der Waals surface area contributed by atoms with E-state index in [1.165, 1.54) is 12.0 Å². The summed E-state index contributed by atoms with van der Waals surface area (Å²) in [6, 6.07) is 7.92. The molecule has 3 rings (SSSR count). The molecule has 0 atom stereocenters. The van der Waals surface area contributed by atoms with Crippen molar-refractivity contribution in [2.45, 2.75) is 32.6 Å². The van der Waals surface area contributed by atoms with E-state index in [0.717, 1.165) is 35.7 Å². The molecule has 1 amide bonds. The second-order valence-corrected chi connectivity index (χ2v) is 5.87. The molecule has 1 aromatic heterocycles. The van der Waals surface area contributed by atoms with Crippen molar-refractivity contribution in [2.24, 2.45) is 5.92 Å². The Hall–Kier alpha value is -2.10. The summed E-state index contributed by atoms with van der Waals surface area (Å²) in [6.07, 6.45) is 4.07. The Labute approximate surface area is 123 Å². The molecule has 0 aliphatic heterocycles. The van der Waals surface area contributed by atoms with Gasteiger partial charge in [0.25, 0.3) is 5.56 Å². The number of fused-ring (bicyclic) bond motifs is 1. The fraction of sp³-hybridized carbons (Fsp3) is 0.412. The molecule has 0 radical (unpaired) electrons. The molecular formula is C17H20N2O2. The molecule has 0 saturated heterocycles. The minimum absolute atomic E-state index is 0.0389. The molecule has 1 aromatic carbocycles. The number of aromatic amines is 1. The van der Waals surface area contributed by atoms with E-state index in [9.17, 15) is 9.59 Å². The lowest BCUT2D eigenvalue weighted by Crippen LogP contribution is -2.35. The Kier molecular flexibility index (Phi) is 3.78. The van der Waals surface area contributed by atoms with E-state index in [1.54, 1.807) is 0 Å². The van der Waals surface area contributed by atoms with E-state index >= 15 is 0 Å². The number of aromatic nitrogens is 1. The summed E-state index contributed by atoms with van der Waals surface area (Å²) < 4.78 is 0. The minimum Gasteiger partial charge on any atom is -0.356 e. The molecule has 0 spiro atoms. The van der Waals surface area contributed by atoms with Crippen molar-refractivity contribution in [2.75, 3.05) is 6.54 Å². The molecule has 0 unspecified atom stereocenters. The zero-order chi connectivity index (χ0) is 14.8. The lowest BCUT2D eigenvalue weighted by molar-refractivity contribution is -0.127. The number of H-pyrrole nitrogens is 1. The summed E-state index contributed by atoms with van der Waals surface area (Å²) in [7, 11) is 0. The molecule has 110 valence electrons. The molecule has 1 aliphatic carbocycles. The van der Waals surface area contributed by atoms with Gasteiger partial charge in [0.2, 0.25) is 5.91 Å². The lowest BCUT2D eigenvalue weighted by Gasteiger charge is -2.24. The third-order valence-electron chi connectivity index (χ3n) is 4.28. The molecule has 21 heavy (non-hydrogen) atoms. The van der Waals surface area contributed by atoms with Crippen LogP contribution in [0.25, 0.3) is 10.9 Å². The number of carbonyl (C=O) groups is 1. The minimum atomic E-state index is -0.0389. The van der Waals surface area contributed by atoms with Gasteiger partial charge in [-0.2, -0.15) is 0 Å². The summed E-state index contributed by atoms with van der Waals surface area (Å²) in [4.78, 5) is 26.2. The highest BCUT2D eigenvalue weighted by molar-refractivity contribution is 5.80. The van der Waals surface area contributed by atoms with Crippen molar-refractivity contribution in [1.29, 1.82) is 0 Å². The number of amides is 1. The number of hydrogen-bond donors (Lipinski definition) is 2. The Morgan fingerprint density at radius 1 is 1.33 bits per heavy atom. The van der Waals surface area contributed by atoms with E-state index in [2.05, 4.69) is 16.4 Å². The van der Waals surface area contributed by atoms with Crippen LogP contribution in [0, 0.1) is 12.8 Å². The highest BCUT2D eigenvalue weighted by atomic mass is 16.2. The van der Waals surface area contributed by atoms with Crippen LogP contribution in [0.4, 0.5) is 0 Å².